The molecule has 2 N–H and O–H groups in total. The molecule has 0 radical (unpaired) electrons. The largest absolute Gasteiger partial charge is 0.357 e. The lowest BCUT2D eigenvalue weighted by Crippen LogP contribution is -2.45. The Bertz CT molecular complexity index is 806. The number of fused-ring (bicyclic) bond motifs is 3. The van der Waals surface area contributed by atoms with Gasteiger partial charge in [0.15, 0.2) is 5.96 Å². The molecule has 0 aromatic heterocycles. The molecule has 0 bridgehead atoms. The summed E-state index contributed by atoms with van der Waals surface area (Å²) in [4.78, 5) is 19.9. The fourth-order valence-electron chi connectivity index (χ4n) is 6.13. The minimum atomic E-state index is 0. The van der Waals surface area contributed by atoms with Crippen molar-refractivity contribution in [3.63, 3.8) is 0 Å². The number of likely N-dealkylation sites (tertiary alicyclic amines) is 1. The van der Waals surface area contributed by atoms with E-state index in [2.05, 4.69) is 46.7 Å². The van der Waals surface area contributed by atoms with Gasteiger partial charge in [-0.3, -0.25) is 9.79 Å². The van der Waals surface area contributed by atoms with Gasteiger partial charge in [-0.25, -0.2) is 0 Å². The molecule has 1 aliphatic heterocycles. The maximum Gasteiger partial charge on any atom is 0.225 e. The average molecular weight is 537 g/mol. The van der Waals surface area contributed by atoms with Crippen molar-refractivity contribution in [3.05, 3.63) is 35.4 Å². The molecule has 5 rings (SSSR count). The maximum absolute atomic E-state index is 12.8. The van der Waals surface area contributed by atoms with E-state index in [1.165, 1.54) is 25.7 Å². The number of guanidine groups is 1. The highest BCUT2D eigenvalue weighted by atomic mass is 127. The van der Waals surface area contributed by atoms with Gasteiger partial charge >= 0.3 is 0 Å². The van der Waals surface area contributed by atoms with E-state index in [9.17, 15) is 4.79 Å². The fourth-order valence-corrected chi connectivity index (χ4v) is 6.13. The molecule has 4 atom stereocenters. The second-order valence-electron chi connectivity index (χ2n) is 9.73. The zero-order valence-electron chi connectivity index (χ0n) is 18.7. The monoisotopic (exact) mass is 536 g/mol. The van der Waals surface area contributed by atoms with E-state index in [4.69, 9.17) is 4.99 Å². The van der Waals surface area contributed by atoms with E-state index in [1.54, 1.807) is 11.1 Å². The molecule has 1 saturated heterocycles. The molecule has 170 valence electrons. The summed E-state index contributed by atoms with van der Waals surface area (Å²) in [6.45, 7) is 5.59. The Morgan fingerprint density at radius 1 is 1.16 bits per heavy atom. The molecule has 3 aliphatic carbocycles. The Balaban J connectivity index is 0.00000231. The number of aliphatic imine (C=N–C) groups is 1. The molecule has 2 saturated carbocycles. The van der Waals surface area contributed by atoms with Gasteiger partial charge in [0.2, 0.25) is 5.91 Å². The van der Waals surface area contributed by atoms with E-state index in [0.29, 0.717) is 17.9 Å². The van der Waals surface area contributed by atoms with Crippen molar-refractivity contribution in [1.29, 1.82) is 0 Å². The van der Waals surface area contributed by atoms with Crippen molar-refractivity contribution in [2.75, 3.05) is 26.2 Å². The van der Waals surface area contributed by atoms with Crippen LogP contribution < -0.4 is 10.6 Å². The predicted octanol–water partition coefficient (Wildman–Crippen LogP) is 3.93. The van der Waals surface area contributed by atoms with Gasteiger partial charge in [-0.1, -0.05) is 43.5 Å². The lowest BCUT2D eigenvalue weighted by molar-refractivity contribution is -0.135. The number of hydrogen-bond acceptors (Lipinski definition) is 2. The molecule has 31 heavy (non-hydrogen) atoms. The number of halogens is 1. The molecule has 4 aliphatic rings. The standard InChI is InChI=1S/C25H36N4O.HI/c1-2-26-25(27-15-22-21-14-18-10-6-7-11-20(18)23(21)22)28-19-12-13-29(16-19)24(30)17-8-4-3-5-9-17;/h6-7,10-11,17,19,21-23H,2-5,8-9,12-16H2,1H3,(H2,26,27,28);1H. The smallest absolute Gasteiger partial charge is 0.225 e. The van der Waals surface area contributed by atoms with E-state index < -0.39 is 0 Å². The Morgan fingerprint density at radius 2 is 1.97 bits per heavy atom. The van der Waals surface area contributed by atoms with Crippen LogP contribution in [0.5, 0.6) is 0 Å². The van der Waals surface area contributed by atoms with Gasteiger partial charge in [0.1, 0.15) is 0 Å². The molecule has 6 heteroatoms. The van der Waals surface area contributed by atoms with Crippen molar-refractivity contribution in [2.24, 2.45) is 22.7 Å². The Kier molecular flexibility index (Phi) is 7.44. The van der Waals surface area contributed by atoms with E-state index in [0.717, 1.165) is 63.2 Å². The molecule has 4 unspecified atom stereocenters. The molecule has 3 fully saturated rings. The normalized spacial score (nSPS) is 29.7. The van der Waals surface area contributed by atoms with E-state index >= 15 is 0 Å². The summed E-state index contributed by atoms with van der Waals surface area (Å²) in [5.41, 5.74) is 3.11. The summed E-state index contributed by atoms with van der Waals surface area (Å²) in [6.07, 6.45) is 8.16. The molecular weight excluding hydrogens is 499 g/mol. The van der Waals surface area contributed by atoms with Crippen LogP contribution in [0.1, 0.15) is 62.5 Å². The summed E-state index contributed by atoms with van der Waals surface area (Å²) in [5.74, 6) is 3.81. The predicted molar refractivity (Wildman–Crippen MR) is 136 cm³/mol. The van der Waals surface area contributed by atoms with Gasteiger partial charge in [0, 0.05) is 38.1 Å². The lowest BCUT2D eigenvalue weighted by atomic mass is 9.88. The zero-order valence-corrected chi connectivity index (χ0v) is 21.0. The summed E-state index contributed by atoms with van der Waals surface area (Å²) >= 11 is 0. The van der Waals surface area contributed by atoms with Gasteiger partial charge in [-0.05, 0) is 61.5 Å². The number of carbonyl (C=O) groups excluding carboxylic acids is 1. The summed E-state index contributed by atoms with van der Waals surface area (Å²) in [7, 11) is 0. The van der Waals surface area contributed by atoms with Crippen LogP contribution in [-0.4, -0.2) is 49.0 Å². The molecule has 1 amide bonds. The van der Waals surface area contributed by atoms with Crippen LogP contribution in [0.15, 0.2) is 29.3 Å². The first-order valence-electron chi connectivity index (χ1n) is 12.2. The minimum Gasteiger partial charge on any atom is -0.357 e. The maximum atomic E-state index is 12.8. The first-order valence-corrected chi connectivity index (χ1v) is 12.2. The van der Waals surface area contributed by atoms with Crippen molar-refractivity contribution < 1.29 is 4.79 Å². The zero-order chi connectivity index (χ0) is 20.5. The van der Waals surface area contributed by atoms with Gasteiger partial charge < -0.3 is 15.5 Å². The number of benzene rings is 1. The highest BCUT2D eigenvalue weighted by Gasteiger charge is 2.55. The van der Waals surface area contributed by atoms with Gasteiger partial charge in [0.25, 0.3) is 0 Å². The van der Waals surface area contributed by atoms with Crippen molar-refractivity contribution >= 4 is 35.8 Å². The quantitative estimate of drug-likeness (QED) is 0.341. The van der Waals surface area contributed by atoms with E-state index in [1.807, 2.05) is 0 Å². The van der Waals surface area contributed by atoms with Gasteiger partial charge in [-0.15, -0.1) is 24.0 Å². The van der Waals surface area contributed by atoms with Crippen LogP contribution in [0.4, 0.5) is 0 Å². The molecule has 1 heterocycles. The lowest BCUT2D eigenvalue weighted by Gasteiger charge is -2.26. The molecular formula is C25H37IN4O. The summed E-state index contributed by atoms with van der Waals surface area (Å²) in [6, 6.07) is 9.24. The van der Waals surface area contributed by atoms with Crippen LogP contribution in [0, 0.1) is 17.8 Å². The van der Waals surface area contributed by atoms with Gasteiger partial charge in [-0.2, -0.15) is 0 Å². The third kappa shape index (κ3) is 4.88. The number of amides is 1. The first kappa shape index (κ1) is 22.9. The third-order valence-electron chi connectivity index (χ3n) is 7.80. The number of nitrogens with one attached hydrogen (secondary N) is 2. The van der Waals surface area contributed by atoms with Crippen molar-refractivity contribution in [1.82, 2.24) is 15.5 Å². The topological polar surface area (TPSA) is 56.7 Å². The molecule has 0 spiro atoms. The third-order valence-corrected chi connectivity index (χ3v) is 7.80. The van der Waals surface area contributed by atoms with Crippen LogP contribution in [-0.2, 0) is 11.2 Å². The average Bonchev–Trinajstić information content (AvgIpc) is 3.10. The van der Waals surface area contributed by atoms with Crippen LogP contribution in [0.2, 0.25) is 0 Å². The van der Waals surface area contributed by atoms with Crippen LogP contribution in [0.25, 0.3) is 0 Å². The molecule has 1 aromatic rings. The van der Waals surface area contributed by atoms with Crippen molar-refractivity contribution in [2.45, 2.75) is 63.8 Å². The summed E-state index contributed by atoms with van der Waals surface area (Å²) in [5, 5.41) is 7.04. The highest BCUT2D eigenvalue weighted by Crippen LogP contribution is 2.61. The van der Waals surface area contributed by atoms with Crippen LogP contribution >= 0.6 is 24.0 Å². The Morgan fingerprint density at radius 3 is 2.77 bits per heavy atom. The van der Waals surface area contributed by atoms with Gasteiger partial charge in [0.05, 0.1) is 0 Å². The molecule has 5 nitrogen and oxygen atoms in total. The number of nitrogens with zero attached hydrogens (tertiary/aromatic N) is 2. The fraction of sp³-hybridized carbons (Fsp3) is 0.680. The number of hydrogen-bond donors (Lipinski definition) is 2. The number of rotatable bonds is 5. The SMILES string of the molecule is CCNC(=NCC1C2Cc3ccccc3C12)NC1CCN(C(=O)C2CCCCC2)C1.I. The van der Waals surface area contributed by atoms with Crippen molar-refractivity contribution in [3.8, 4) is 0 Å². The second-order valence-corrected chi connectivity index (χ2v) is 9.73. The Hall–Kier alpha value is -1.31. The molecule has 1 aromatic carbocycles. The Labute approximate surface area is 203 Å². The summed E-state index contributed by atoms with van der Waals surface area (Å²) < 4.78 is 0. The number of carbonyl (C=O) groups is 1. The highest BCUT2D eigenvalue weighted by molar-refractivity contribution is 14.0. The minimum absolute atomic E-state index is 0. The second kappa shape index (κ2) is 10.1. The van der Waals surface area contributed by atoms with E-state index in [-0.39, 0.29) is 29.9 Å². The first-order chi connectivity index (χ1) is 14.7. The van der Waals surface area contributed by atoms with Crippen LogP contribution in [0.3, 0.4) is 0 Å².